The van der Waals surface area contributed by atoms with Gasteiger partial charge >= 0.3 is 11.9 Å². The van der Waals surface area contributed by atoms with Gasteiger partial charge in [0.1, 0.15) is 0 Å². The largest absolute Gasteiger partial charge is 0.462 e. The molecular weight excluding hydrogens is 444 g/mol. The van der Waals surface area contributed by atoms with Crippen molar-refractivity contribution in [3.63, 3.8) is 0 Å². The molecule has 200 valence electrons. The van der Waals surface area contributed by atoms with Crippen molar-refractivity contribution >= 4 is 11.9 Å². The van der Waals surface area contributed by atoms with E-state index in [2.05, 4.69) is 20.1 Å². The first-order valence-electron chi connectivity index (χ1n) is 13.8. The zero-order chi connectivity index (χ0) is 25.6. The third-order valence-electron chi connectivity index (χ3n) is 8.37. The van der Waals surface area contributed by atoms with E-state index in [0.717, 1.165) is 30.6 Å². The fourth-order valence-electron chi connectivity index (χ4n) is 5.99. The minimum atomic E-state index is -0.592. The highest BCUT2D eigenvalue weighted by Gasteiger charge is 2.34. The number of ether oxygens (including phenoxy) is 2. The van der Waals surface area contributed by atoms with Crippen molar-refractivity contribution < 1.29 is 29.3 Å². The van der Waals surface area contributed by atoms with Gasteiger partial charge in [-0.2, -0.15) is 0 Å². The van der Waals surface area contributed by atoms with Crippen LogP contribution in [-0.2, 0) is 19.1 Å². The Kier molecular flexibility index (Phi) is 13.6. The normalized spacial score (nSPS) is 25.5. The van der Waals surface area contributed by atoms with Gasteiger partial charge in [0.25, 0.3) is 0 Å². The summed E-state index contributed by atoms with van der Waals surface area (Å²) >= 11 is 0. The van der Waals surface area contributed by atoms with E-state index in [9.17, 15) is 9.59 Å². The topological polar surface area (TPSA) is 93.1 Å². The highest BCUT2D eigenvalue weighted by molar-refractivity contribution is 5.88. The highest BCUT2D eigenvalue weighted by atomic mass is 16.5. The predicted molar refractivity (Wildman–Crippen MR) is 138 cm³/mol. The van der Waals surface area contributed by atoms with Crippen molar-refractivity contribution in [3.05, 3.63) is 24.3 Å². The number of aliphatic hydroxyl groups excluding tert-OH is 2. The fraction of sp³-hybridized carbons (Fsp3) is 0.793. The molecule has 0 saturated heterocycles. The van der Waals surface area contributed by atoms with Gasteiger partial charge in [-0.25, -0.2) is 9.59 Å². The molecule has 2 rings (SSSR count). The van der Waals surface area contributed by atoms with Gasteiger partial charge in [0.2, 0.25) is 0 Å². The number of aliphatic hydroxyl groups is 2. The lowest BCUT2D eigenvalue weighted by Crippen LogP contribution is -2.31. The Morgan fingerprint density at radius 3 is 1.91 bits per heavy atom. The van der Waals surface area contributed by atoms with Gasteiger partial charge < -0.3 is 19.7 Å². The summed E-state index contributed by atoms with van der Waals surface area (Å²) in [5.74, 6) is 1.91. The lowest BCUT2D eigenvalue weighted by Gasteiger charge is -2.39. The average Bonchev–Trinajstić information content (AvgIpc) is 2.90. The molecule has 0 aromatic carbocycles. The van der Waals surface area contributed by atoms with E-state index < -0.39 is 25.2 Å². The molecule has 35 heavy (non-hydrogen) atoms. The maximum atomic E-state index is 12.0. The van der Waals surface area contributed by atoms with Crippen LogP contribution in [-0.4, -0.2) is 48.6 Å². The molecule has 0 heterocycles. The second-order valence-corrected chi connectivity index (χ2v) is 10.8. The Labute approximate surface area is 212 Å². The molecule has 6 nitrogen and oxygen atoms in total. The minimum Gasteiger partial charge on any atom is -0.462 e. The van der Waals surface area contributed by atoms with Crippen LogP contribution in [0.15, 0.2) is 24.3 Å². The van der Waals surface area contributed by atoms with E-state index in [0.29, 0.717) is 12.3 Å². The third-order valence-corrected chi connectivity index (χ3v) is 8.37. The number of esters is 2. The molecule has 2 fully saturated rings. The van der Waals surface area contributed by atoms with Crippen LogP contribution in [0.2, 0.25) is 0 Å². The van der Waals surface area contributed by atoms with Crippen molar-refractivity contribution in [2.45, 2.75) is 90.4 Å². The van der Waals surface area contributed by atoms with Crippen molar-refractivity contribution in [2.75, 3.05) is 26.4 Å². The summed E-state index contributed by atoms with van der Waals surface area (Å²) in [6.45, 7) is 8.89. The van der Waals surface area contributed by atoms with Gasteiger partial charge in [-0.15, -0.1) is 0 Å². The molecule has 0 aromatic heterocycles. The Morgan fingerprint density at radius 1 is 0.829 bits per heavy atom. The first-order valence-corrected chi connectivity index (χ1v) is 13.8. The van der Waals surface area contributed by atoms with Gasteiger partial charge in [-0.3, -0.25) is 0 Å². The summed E-state index contributed by atoms with van der Waals surface area (Å²) in [6.07, 6.45) is 16.2. The van der Waals surface area contributed by atoms with Crippen LogP contribution >= 0.6 is 0 Å². The van der Waals surface area contributed by atoms with Gasteiger partial charge in [-0.1, -0.05) is 58.6 Å². The third kappa shape index (κ3) is 10.1. The average molecular weight is 493 g/mol. The minimum absolute atomic E-state index is 0.0350. The smallest absolute Gasteiger partial charge is 0.335 e. The number of carbonyl (C=O) groups excluding carboxylic acids is 2. The molecule has 1 atom stereocenters. The lowest BCUT2D eigenvalue weighted by molar-refractivity contribution is -0.144. The van der Waals surface area contributed by atoms with Crippen LogP contribution in [0.25, 0.3) is 0 Å². The molecule has 0 aromatic rings. The number of carbonyl (C=O) groups is 2. The van der Waals surface area contributed by atoms with Crippen molar-refractivity contribution in [3.8, 4) is 0 Å². The summed E-state index contributed by atoms with van der Waals surface area (Å²) in [7, 11) is 0. The first kappa shape index (κ1) is 29.6. The maximum absolute atomic E-state index is 12.0. The second kappa shape index (κ2) is 16.2. The molecule has 0 radical (unpaired) electrons. The van der Waals surface area contributed by atoms with Gasteiger partial charge in [0.05, 0.1) is 37.6 Å². The van der Waals surface area contributed by atoms with Gasteiger partial charge in [0, 0.05) is 0 Å². The van der Waals surface area contributed by atoms with Crippen molar-refractivity contribution in [1.29, 1.82) is 0 Å². The molecule has 0 aliphatic heterocycles. The van der Waals surface area contributed by atoms with Crippen LogP contribution in [0, 0.1) is 29.6 Å². The zero-order valence-electron chi connectivity index (χ0n) is 21.8. The Bertz CT molecular complexity index is 671. The molecule has 2 aliphatic rings. The van der Waals surface area contributed by atoms with E-state index in [1.54, 1.807) is 0 Å². The van der Waals surface area contributed by atoms with Crippen LogP contribution < -0.4 is 0 Å². The molecule has 0 spiro atoms. The van der Waals surface area contributed by atoms with Gasteiger partial charge in [0.15, 0.2) is 0 Å². The molecule has 2 N–H and O–H groups in total. The van der Waals surface area contributed by atoms with Gasteiger partial charge in [-0.05, 0) is 74.5 Å². The summed E-state index contributed by atoms with van der Waals surface area (Å²) in [4.78, 5) is 23.9. The molecule has 0 amide bonds. The Hall–Kier alpha value is -1.66. The summed E-state index contributed by atoms with van der Waals surface area (Å²) in [5.41, 5.74) is 0.0799. The van der Waals surface area contributed by atoms with Crippen molar-refractivity contribution in [2.24, 2.45) is 29.6 Å². The van der Waals surface area contributed by atoms with Crippen LogP contribution in [0.4, 0.5) is 0 Å². The fourth-order valence-corrected chi connectivity index (χ4v) is 5.99. The van der Waals surface area contributed by atoms with Crippen LogP contribution in [0.5, 0.6) is 0 Å². The number of hydrogen-bond donors (Lipinski definition) is 2. The van der Waals surface area contributed by atoms with E-state index in [1.807, 2.05) is 0 Å². The molecule has 0 bridgehead atoms. The standard InChI is InChI=1S/C29H48O6/c1-4-5-6-7-23-8-10-24(11-9-23)25-12-14-26(15-13-25)27(20-35-29(33)22(3)19-31)16-17-34-28(32)21(2)18-30/h23-27,30-31H,2-20H2,1H3. The van der Waals surface area contributed by atoms with E-state index >= 15 is 0 Å². The van der Waals surface area contributed by atoms with E-state index in [-0.39, 0.29) is 30.3 Å². The quantitative estimate of drug-likeness (QED) is 0.181. The second-order valence-electron chi connectivity index (χ2n) is 10.8. The maximum Gasteiger partial charge on any atom is 0.335 e. The van der Waals surface area contributed by atoms with Crippen molar-refractivity contribution in [1.82, 2.24) is 0 Å². The SMILES string of the molecule is C=C(CO)C(=O)OCCC(COC(=O)C(=C)CO)C1CCC(C2CCC(CCCCC)CC2)CC1. The Balaban J connectivity index is 1.83. The molecule has 2 aliphatic carbocycles. The lowest BCUT2D eigenvalue weighted by atomic mass is 9.67. The number of rotatable bonds is 15. The molecule has 6 heteroatoms. The molecule has 1 unspecified atom stereocenters. The zero-order valence-corrected chi connectivity index (χ0v) is 21.8. The predicted octanol–water partition coefficient (Wildman–Crippen LogP) is 5.37. The van der Waals surface area contributed by atoms with E-state index in [1.165, 1.54) is 64.2 Å². The number of unbranched alkanes of at least 4 members (excludes halogenated alkanes) is 2. The highest BCUT2D eigenvalue weighted by Crippen LogP contribution is 2.44. The summed E-state index contributed by atoms with van der Waals surface area (Å²) in [6, 6.07) is 0. The Morgan fingerprint density at radius 2 is 1.37 bits per heavy atom. The number of hydrogen-bond acceptors (Lipinski definition) is 6. The molecular formula is C29H48O6. The summed E-state index contributed by atoms with van der Waals surface area (Å²) < 4.78 is 10.7. The summed E-state index contributed by atoms with van der Waals surface area (Å²) in [5, 5.41) is 18.2. The van der Waals surface area contributed by atoms with E-state index in [4.69, 9.17) is 19.7 Å². The first-order chi connectivity index (χ1) is 16.9. The monoisotopic (exact) mass is 492 g/mol. The molecule has 2 saturated carbocycles. The van der Waals surface area contributed by atoms with Crippen LogP contribution in [0.3, 0.4) is 0 Å². The van der Waals surface area contributed by atoms with Crippen LogP contribution in [0.1, 0.15) is 90.4 Å².